The second-order valence-corrected chi connectivity index (χ2v) is 4.63. The van der Waals surface area contributed by atoms with Crippen molar-refractivity contribution in [3.63, 3.8) is 0 Å². The molecule has 0 saturated heterocycles. The van der Waals surface area contributed by atoms with Gasteiger partial charge in [-0.2, -0.15) is 0 Å². The Hall–Kier alpha value is -0.610. The van der Waals surface area contributed by atoms with E-state index in [-0.39, 0.29) is 5.91 Å². The highest BCUT2D eigenvalue weighted by Crippen LogP contribution is 1.95. The van der Waals surface area contributed by atoms with E-state index in [1.165, 1.54) is 12.8 Å². The summed E-state index contributed by atoms with van der Waals surface area (Å²) in [6.45, 7) is 8.22. The van der Waals surface area contributed by atoms with Crippen molar-refractivity contribution in [3.8, 4) is 0 Å². The Labute approximate surface area is 93.2 Å². The van der Waals surface area contributed by atoms with Gasteiger partial charge in [0.1, 0.15) is 0 Å². The quantitative estimate of drug-likeness (QED) is 0.653. The number of hydrogen-bond donors (Lipinski definition) is 2. The number of nitrogens with two attached hydrogens (primary N) is 1. The van der Waals surface area contributed by atoms with Crippen molar-refractivity contribution in [1.29, 1.82) is 0 Å². The van der Waals surface area contributed by atoms with E-state index in [1.807, 2.05) is 0 Å². The first-order valence-electron chi connectivity index (χ1n) is 5.63. The standard InChI is InChI=1S/C11H25N3O/c1-5-6-8-14(4)9-7-13-10(15)11(2,3)12/h5-9,12H2,1-4H3,(H,13,15). The van der Waals surface area contributed by atoms with Crippen molar-refractivity contribution in [2.45, 2.75) is 39.2 Å². The smallest absolute Gasteiger partial charge is 0.239 e. The van der Waals surface area contributed by atoms with Crippen molar-refractivity contribution in [2.75, 3.05) is 26.7 Å². The first kappa shape index (κ1) is 14.4. The monoisotopic (exact) mass is 215 g/mol. The topological polar surface area (TPSA) is 58.4 Å². The Balaban J connectivity index is 3.57. The number of rotatable bonds is 7. The summed E-state index contributed by atoms with van der Waals surface area (Å²) in [6.07, 6.45) is 2.40. The molecule has 0 radical (unpaired) electrons. The average molecular weight is 215 g/mol. The molecule has 0 unspecified atom stereocenters. The Morgan fingerprint density at radius 2 is 2.00 bits per heavy atom. The average Bonchev–Trinajstić information content (AvgIpc) is 2.13. The van der Waals surface area contributed by atoms with Crippen LogP contribution in [0.4, 0.5) is 0 Å². The minimum atomic E-state index is -0.776. The molecule has 0 saturated carbocycles. The summed E-state index contributed by atoms with van der Waals surface area (Å²) in [7, 11) is 2.06. The molecule has 1 amide bonds. The maximum Gasteiger partial charge on any atom is 0.239 e. The van der Waals surface area contributed by atoms with Crippen LogP contribution in [0.5, 0.6) is 0 Å². The van der Waals surface area contributed by atoms with Crippen LogP contribution in [0.3, 0.4) is 0 Å². The van der Waals surface area contributed by atoms with Crippen molar-refractivity contribution >= 4 is 5.91 Å². The van der Waals surface area contributed by atoms with Gasteiger partial charge in [-0.25, -0.2) is 0 Å². The Kier molecular flexibility index (Phi) is 6.52. The maximum absolute atomic E-state index is 11.4. The number of likely N-dealkylation sites (N-methyl/N-ethyl adjacent to an activating group) is 1. The van der Waals surface area contributed by atoms with E-state index in [1.54, 1.807) is 13.8 Å². The van der Waals surface area contributed by atoms with Gasteiger partial charge in [-0.15, -0.1) is 0 Å². The van der Waals surface area contributed by atoms with Gasteiger partial charge in [-0.3, -0.25) is 4.79 Å². The molecular formula is C11H25N3O. The lowest BCUT2D eigenvalue weighted by molar-refractivity contribution is -0.125. The van der Waals surface area contributed by atoms with Crippen LogP contribution in [-0.4, -0.2) is 43.0 Å². The van der Waals surface area contributed by atoms with Gasteiger partial charge in [-0.05, 0) is 33.9 Å². The zero-order valence-electron chi connectivity index (χ0n) is 10.5. The van der Waals surface area contributed by atoms with Crippen LogP contribution < -0.4 is 11.1 Å². The number of carbonyl (C=O) groups is 1. The number of amides is 1. The molecular weight excluding hydrogens is 190 g/mol. The number of unbranched alkanes of at least 4 members (excludes halogenated alkanes) is 1. The molecule has 0 fully saturated rings. The molecule has 15 heavy (non-hydrogen) atoms. The van der Waals surface area contributed by atoms with E-state index in [9.17, 15) is 4.79 Å². The van der Waals surface area contributed by atoms with Crippen LogP contribution in [0, 0.1) is 0 Å². The lowest BCUT2D eigenvalue weighted by atomic mass is 10.1. The van der Waals surface area contributed by atoms with Crippen LogP contribution in [0.15, 0.2) is 0 Å². The Morgan fingerprint density at radius 3 is 2.47 bits per heavy atom. The molecule has 3 N–H and O–H groups in total. The largest absolute Gasteiger partial charge is 0.353 e. The van der Waals surface area contributed by atoms with Crippen LogP contribution in [0.1, 0.15) is 33.6 Å². The summed E-state index contributed by atoms with van der Waals surface area (Å²) in [5.74, 6) is -0.0913. The minimum absolute atomic E-state index is 0.0913. The number of carbonyl (C=O) groups excluding carboxylic acids is 1. The molecule has 90 valence electrons. The molecule has 0 spiro atoms. The highest BCUT2D eigenvalue weighted by molar-refractivity contribution is 5.84. The molecule has 0 aliphatic carbocycles. The summed E-state index contributed by atoms with van der Waals surface area (Å²) in [5.41, 5.74) is 4.87. The number of hydrogen-bond acceptors (Lipinski definition) is 3. The molecule has 0 rings (SSSR count). The van der Waals surface area contributed by atoms with Crippen molar-refractivity contribution in [1.82, 2.24) is 10.2 Å². The van der Waals surface area contributed by atoms with Gasteiger partial charge in [-0.1, -0.05) is 13.3 Å². The second-order valence-electron chi connectivity index (χ2n) is 4.63. The third kappa shape index (κ3) is 7.33. The molecule has 0 heterocycles. The summed E-state index contributed by atoms with van der Waals surface area (Å²) in [4.78, 5) is 13.6. The third-order valence-electron chi connectivity index (χ3n) is 2.26. The molecule has 0 aromatic heterocycles. The van der Waals surface area contributed by atoms with Crippen LogP contribution in [0.2, 0.25) is 0 Å². The van der Waals surface area contributed by atoms with Gasteiger partial charge in [0.2, 0.25) is 5.91 Å². The van der Waals surface area contributed by atoms with E-state index in [0.717, 1.165) is 13.1 Å². The molecule has 0 aliphatic heterocycles. The SMILES string of the molecule is CCCCN(C)CCNC(=O)C(C)(C)N. The fourth-order valence-corrected chi connectivity index (χ4v) is 1.13. The molecule has 0 aromatic carbocycles. The van der Waals surface area contributed by atoms with Crippen molar-refractivity contribution in [2.24, 2.45) is 5.73 Å². The molecule has 0 atom stereocenters. The summed E-state index contributed by atoms with van der Waals surface area (Å²) in [5, 5.41) is 2.82. The van der Waals surface area contributed by atoms with Gasteiger partial charge in [0, 0.05) is 13.1 Å². The molecule has 0 aromatic rings. The maximum atomic E-state index is 11.4. The molecule has 0 bridgehead atoms. The normalized spacial score (nSPS) is 11.9. The molecule has 4 nitrogen and oxygen atoms in total. The highest BCUT2D eigenvalue weighted by atomic mass is 16.2. The first-order chi connectivity index (χ1) is 6.88. The van der Waals surface area contributed by atoms with Gasteiger partial charge < -0.3 is 16.0 Å². The van der Waals surface area contributed by atoms with Gasteiger partial charge >= 0.3 is 0 Å². The van der Waals surface area contributed by atoms with Gasteiger partial charge in [0.05, 0.1) is 5.54 Å². The van der Waals surface area contributed by atoms with E-state index in [0.29, 0.717) is 6.54 Å². The molecule has 4 heteroatoms. The van der Waals surface area contributed by atoms with E-state index < -0.39 is 5.54 Å². The summed E-state index contributed by atoms with van der Waals surface area (Å²) in [6, 6.07) is 0. The van der Waals surface area contributed by atoms with Crippen LogP contribution in [-0.2, 0) is 4.79 Å². The van der Waals surface area contributed by atoms with Gasteiger partial charge in [0.15, 0.2) is 0 Å². The number of nitrogens with zero attached hydrogens (tertiary/aromatic N) is 1. The van der Waals surface area contributed by atoms with E-state index >= 15 is 0 Å². The fourth-order valence-electron chi connectivity index (χ4n) is 1.13. The summed E-state index contributed by atoms with van der Waals surface area (Å²) >= 11 is 0. The third-order valence-corrected chi connectivity index (χ3v) is 2.26. The van der Waals surface area contributed by atoms with Gasteiger partial charge in [0.25, 0.3) is 0 Å². The number of nitrogens with one attached hydrogen (secondary N) is 1. The first-order valence-corrected chi connectivity index (χ1v) is 5.63. The van der Waals surface area contributed by atoms with E-state index in [2.05, 4.69) is 24.2 Å². The fraction of sp³-hybridized carbons (Fsp3) is 0.909. The zero-order valence-corrected chi connectivity index (χ0v) is 10.5. The minimum Gasteiger partial charge on any atom is -0.353 e. The van der Waals surface area contributed by atoms with Crippen LogP contribution in [0.25, 0.3) is 0 Å². The van der Waals surface area contributed by atoms with E-state index in [4.69, 9.17) is 5.73 Å². The Bertz CT molecular complexity index is 187. The second kappa shape index (κ2) is 6.80. The van der Waals surface area contributed by atoms with Crippen molar-refractivity contribution in [3.05, 3.63) is 0 Å². The Morgan fingerprint density at radius 1 is 1.40 bits per heavy atom. The lowest BCUT2D eigenvalue weighted by Gasteiger charge is -2.20. The van der Waals surface area contributed by atoms with Crippen LogP contribution >= 0.6 is 0 Å². The lowest BCUT2D eigenvalue weighted by Crippen LogP contribution is -2.50. The summed E-state index contributed by atoms with van der Waals surface area (Å²) < 4.78 is 0. The van der Waals surface area contributed by atoms with Crippen molar-refractivity contribution < 1.29 is 4.79 Å². The molecule has 0 aliphatic rings. The zero-order chi connectivity index (χ0) is 11.9. The highest BCUT2D eigenvalue weighted by Gasteiger charge is 2.20. The predicted octanol–water partition coefficient (Wildman–Crippen LogP) is 0.572. The predicted molar refractivity (Wildman–Crippen MR) is 63.7 cm³/mol.